The Balaban J connectivity index is 2.19. The number of hydrogen-bond acceptors (Lipinski definition) is 3. The smallest absolute Gasteiger partial charge is 0.240 e. The van der Waals surface area contributed by atoms with E-state index in [1.165, 1.54) is 0 Å². The maximum atomic E-state index is 12.0. The van der Waals surface area contributed by atoms with E-state index in [4.69, 9.17) is 0 Å². The molecule has 4 heteroatoms. The molecule has 0 aliphatic carbocycles. The van der Waals surface area contributed by atoms with Crippen LogP contribution in [-0.2, 0) is 4.79 Å². The molecule has 0 aromatic rings. The molecule has 4 nitrogen and oxygen atoms in total. The molecule has 15 heavy (non-hydrogen) atoms. The monoisotopic (exact) mass is 211 g/mol. The van der Waals surface area contributed by atoms with Crippen molar-refractivity contribution < 1.29 is 4.79 Å². The van der Waals surface area contributed by atoms with Crippen molar-refractivity contribution >= 4 is 5.91 Å². The summed E-state index contributed by atoms with van der Waals surface area (Å²) in [7, 11) is 2.13. The molecule has 1 spiro atoms. The van der Waals surface area contributed by atoms with Gasteiger partial charge in [0.05, 0.1) is 0 Å². The SMILES string of the molecule is CN1CCC2(CC1(C)C)NCCNC2=O. The highest BCUT2D eigenvalue weighted by Crippen LogP contribution is 2.34. The van der Waals surface area contributed by atoms with Gasteiger partial charge in [0.15, 0.2) is 0 Å². The average molecular weight is 211 g/mol. The average Bonchev–Trinajstić information content (AvgIpc) is 2.17. The third kappa shape index (κ3) is 1.76. The fourth-order valence-electron chi connectivity index (χ4n) is 2.70. The first-order valence-electron chi connectivity index (χ1n) is 5.71. The van der Waals surface area contributed by atoms with E-state index in [1.54, 1.807) is 0 Å². The van der Waals surface area contributed by atoms with Crippen molar-refractivity contribution in [1.82, 2.24) is 15.5 Å². The molecule has 2 aliphatic rings. The van der Waals surface area contributed by atoms with Crippen molar-refractivity contribution in [2.75, 3.05) is 26.7 Å². The largest absolute Gasteiger partial charge is 0.353 e. The molecule has 2 aliphatic heterocycles. The molecule has 0 saturated carbocycles. The number of piperazine rings is 1. The zero-order valence-electron chi connectivity index (χ0n) is 9.89. The van der Waals surface area contributed by atoms with Gasteiger partial charge >= 0.3 is 0 Å². The van der Waals surface area contributed by atoms with E-state index < -0.39 is 0 Å². The maximum Gasteiger partial charge on any atom is 0.240 e. The Morgan fingerprint density at radius 2 is 2.07 bits per heavy atom. The normalized spacial score (nSPS) is 36.6. The van der Waals surface area contributed by atoms with Gasteiger partial charge < -0.3 is 15.5 Å². The summed E-state index contributed by atoms with van der Waals surface area (Å²) in [4.78, 5) is 14.3. The molecule has 2 N–H and O–H groups in total. The van der Waals surface area contributed by atoms with Crippen LogP contribution in [0, 0.1) is 0 Å². The number of carbonyl (C=O) groups is 1. The zero-order valence-corrected chi connectivity index (χ0v) is 9.89. The second-order valence-corrected chi connectivity index (χ2v) is 5.43. The molecule has 0 aromatic carbocycles. The highest BCUT2D eigenvalue weighted by molar-refractivity contribution is 5.87. The predicted octanol–water partition coefficient (Wildman–Crippen LogP) is -0.0512. The zero-order chi connectivity index (χ0) is 11.1. The lowest BCUT2D eigenvalue weighted by molar-refractivity contribution is -0.134. The Labute approximate surface area is 91.4 Å². The lowest BCUT2D eigenvalue weighted by atomic mass is 9.75. The molecule has 1 atom stereocenters. The van der Waals surface area contributed by atoms with Gasteiger partial charge in [0, 0.05) is 25.2 Å². The molecule has 1 amide bonds. The summed E-state index contributed by atoms with van der Waals surface area (Å²) in [5, 5.41) is 6.40. The number of piperidine rings is 1. The molecule has 2 fully saturated rings. The Kier molecular flexibility index (Phi) is 2.51. The summed E-state index contributed by atoms with van der Waals surface area (Å²) in [6.45, 7) is 7.05. The Hall–Kier alpha value is -0.610. The maximum absolute atomic E-state index is 12.0. The second kappa shape index (κ2) is 3.46. The summed E-state index contributed by atoms with van der Waals surface area (Å²) in [5.41, 5.74) is -0.214. The van der Waals surface area contributed by atoms with Gasteiger partial charge in [0.1, 0.15) is 5.54 Å². The van der Waals surface area contributed by atoms with Crippen LogP contribution in [0.1, 0.15) is 26.7 Å². The molecule has 86 valence electrons. The summed E-state index contributed by atoms with van der Waals surface area (Å²) in [5.74, 6) is 0.190. The van der Waals surface area contributed by atoms with Crippen molar-refractivity contribution in [3.8, 4) is 0 Å². The van der Waals surface area contributed by atoms with E-state index in [2.05, 4.69) is 36.4 Å². The summed E-state index contributed by atoms with van der Waals surface area (Å²) in [6, 6.07) is 0. The fraction of sp³-hybridized carbons (Fsp3) is 0.909. The Morgan fingerprint density at radius 1 is 1.33 bits per heavy atom. The van der Waals surface area contributed by atoms with Crippen LogP contribution in [0.5, 0.6) is 0 Å². The second-order valence-electron chi connectivity index (χ2n) is 5.43. The first kappa shape index (κ1) is 10.9. The molecular formula is C11H21N3O. The summed E-state index contributed by atoms with van der Waals surface area (Å²) in [6.07, 6.45) is 1.81. The minimum absolute atomic E-state index is 0.0972. The number of hydrogen-bond donors (Lipinski definition) is 2. The fourth-order valence-corrected chi connectivity index (χ4v) is 2.70. The van der Waals surface area contributed by atoms with Crippen molar-refractivity contribution in [2.24, 2.45) is 0 Å². The van der Waals surface area contributed by atoms with E-state index in [1.807, 2.05) is 0 Å². The molecule has 0 radical (unpaired) electrons. The van der Waals surface area contributed by atoms with Gasteiger partial charge in [-0.05, 0) is 33.7 Å². The molecule has 2 rings (SSSR count). The summed E-state index contributed by atoms with van der Waals surface area (Å²) >= 11 is 0. The number of nitrogens with zero attached hydrogens (tertiary/aromatic N) is 1. The number of amides is 1. The van der Waals surface area contributed by atoms with Gasteiger partial charge in [-0.1, -0.05) is 0 Å². The van der Waals surface area contributed by atoms with Crippen molar-refractivity contribution in [3.63, 3.8) is 0 Å². The minimum Gasteiger partial charge on any atom is -0.353 e. The van der Waals surface area contributed by atoms with Crippen LogP contribution < -0.4 is 10.6 Å². The number of likely N-dealkylation sites (tertiary alicyclic amines) is 1. The van der Waals surface area contributed by atoms with Crippen LogP contribution in [0.4, 0.5) is 0 Å². The van der Waals surface area contributed by atoms with Crippen LogP contribution in [0.25, 0.3) is 0 Å². The molecule has 2 saturated heterocycles. The van der Waals surface area contributed by atoms with Crippen molar-refractivity contribution in [2.45, 2.75) is 37.8 Å². The highest BCUT2D eigenvalue weighted by Gasteiger charge is 2.48. The Morgan fingerprint density at radius 3 is 2.67 bits per heavy atom. The number of nitrogens with one attached hydrogen (secondary N) is 2. The molecule has 1 unspecified atom stereocenters. The van der Waals surface area contributed by atoms with E-state index in [-0.39, 0.29) is 17.0 Å². The molecule has 0 bridgehead atoms. The van der Waals surface area contributed by atoms with Gasteiger partial charge in [0.2, 0.25) is 5.91 Å². The van der Waals surface area contributed by atoms with Crippen LogP contribution in [0.3, 0.4) is 0 Å². The first-order chi connectivity index (χ1) is 6.96. The first-order valence-corrected chi connectivity index (χ1v) is 5.71. The topological polar surface area (TPSA) is 44.4 Å². The molecule has 2 heterocycles. The quantitative estimate of drug-likeness (QED) is 0.590. The lowest BCUT2D eigenvalue weighted by Crippen LogP contribution is -2.69. The van der Waals surface area contributed by atoms with Crippen molar-refractivity contribution in [3.05, 3.63) is 0 Å². The molecular weight excluding hydrogens is 190 g/mol. The van der Waals surface area contributed by atoms with Crippen molar-refractivity contribution in [1.29, 1.82) is 0 Å². The number of rotatable bonds is 0. The molecule has 0 aromatic heterocycles. The van der Waals surface area contributed by atoms with E-state index in [9.17, 15) is 4.79 Å². The van der Waals surface area contributed by atoms with Gasteiger partial charge in [-0.15, -0.1) is 0 Å². The van der Waals surface area contributed by atoms with Crippen LogP contribution in [0.2, 0.25) is 0 Å². The lowest BCUT2D eigenvalue weighted by Gasteiger charge is -2.50. The summed E-state index contributed by atoms with van der Waals surface area (Å²) < 4.78 is 0. The minimum atomic E-state index is -0.311. The van der Waals surface area contributed by atoms with E-state index >= 15 is 0 Å². The third-order valence-corrected chi connectivity index (χ3v) is 3.95. The van der Waals surface area contributed by atoms with Crippen LogP contribution in [-0.4, -0.2) is 48.6 Å². The number of carbonyl (C=O) groups excluding carboxylic acids is 1. The predicted molar refractivity (Wildman–Crippen MR) is 59.7 cm³/mol. The van der Waals surface area contributed by atoms with Gasteiger partial charge in [-0.3, -0.25) is 4.79 Å². The standard InChI is InChI=1S/C11H21N3O/c1-10(2)8-11(4-7-14(10)3)9(15)12-5-6-13-11/h13H,4-8H2,1-3H3,(H,12,15). The van der Waals surface area contributed by atoms with E-state index in [0.29, 0.717) is 0 Å². The van der Waals surface area contributed by atoms with Gasteiger partial charge in [0.25, 0.3) is 0 Å². The van der Waals surface area contributed by atoms with Crippen LogP contribution in [0.15, 0.2) is 0 Å². The Bertz CT molecular complexity index is 277. The van der Waals surface area contributed by atoms with Gasteiger partial charge in [-0.25, -0.2) is 0 Å². The van der Waals surface area contributed by atoms with Crippen LogP contribution >= 0.6 is 0 Å². The highest BCUT2D eigenvalue weighted by atomic mass is 16.2. The van der Waals surface area contributed by atoms with Gasteiger partial charge in [-0.2, -0.15) is 0 Å². The third-order valence-electron chi connectivity index (χ3n) is 3.95. The van der Waals surface area contributed by atoms with E-state index in [0.717, 1.165) is 32.5 Å².